The highest BCUT2D eigenvalue weighted by Gasteiger charge is 2.10. The van der Waals surface area contributed by atoms with Gasteiger partial charge in [0.15, 0.2) is 0 Å². The van der Waals surface area contributed by atoms with Crippen molar-refractivity contribution in [3.63, 3.8) is 0 Å². The second kappa shape index (κ2) is 3.99. The van der Waals surface area contributed by atoms with E-state index in [1.807, 2.05) is 0 Å². The number of rotatable bonds is 2. The zero-order valence-electron chi connectivity index (χ0n) is 6.36. The van der Waals surface area contributed by atoms with Gasteiger partial charge in [-0.25, -0.2) is 4.39 Å². The molecule has 1 aromatic carbocycles. The summed E-state index contributed by atoms with van der Waals surface area (Å²) in [6.07, 6.45) is 0. The van der Waals surface area contributed by atoms with Crippen LogP contribution < -0.4 is 0 Å². The first-order chi connectivity index (χ1) is 5.65. The van der Waals surface area contributed by atoms with Crippen LogP contribution in [-0.2, 0) is 0 Å². The molecule has 0 bridgehead atoms. The first-order valence-electron chi connectivity index (χ1n) is 3.49. The lowest BCUT2D eigenvalue weighted by Crippen LogP contribution is -1.99. The number of halogens is 3. The summed E-state index contributed by atoms with van der Waals surface area (Å²) in [6.45, 7) is 2.85. The summed E-state index contributed by atoms with van der Waals surface area (Å²) in [7, 11) is 0. The molecule has 0 aliphatic heterocycles. The van der Waals surface area contributed by atoms with Gasteiger partial charge in [-0.1, -0.05) is 15.9 Å². The number of hydrogen-bond acceptors (Lipinski definition) is 0. The van der Waals surface area contributed by atoms with Crippen molar-refractivity contribution in [2.45, 2.75) is 5.92 Å². The monoisotopic (exact) mass is 233 g/mol. The first kappa shape index (κ1) is 9.65. The van der Waals surface area contributed by atoms with Gasteiger partial charge in [0.2, 0.25) is 0 Å². The number of alkyl halides is 1. The number of benzene rings is 1. The van der Waals surface area contributed by atoms with E-state index in [4.69, 9.17) is 0 Å². The Labute approximate surface area is 78.7 Å². The van der Waals surface area contributed by atoms with Crippen LogP contribution in [0.1, 0.15) is 11.5 Å². The maximum absolute atomic E-state index is 13.0. The molecule has 0 amide bonds. The van der Waals surface area contributed by atoms with Gasteiger partial charge in [0, 0.05) is 10.4 Å². The third-order valence-electron chi connectivity index (χ3n) is 1.58. The Morgan fingerprint density at radius 3 is 2.75 bits per heavy atom. The highest BCUT2D eigenvalue weighted by molar-refractivity contribution is 9.10. The summed E-state index contributed by atoms with van der Waals surface area (Å²) in [4.78, 5) is 0. The molecule has 0 fully saturated rings. The number of hydrogen-bond donors (Lipinski definition) is 0. The average molecular weight is 234 g/mol. The van der Waals surface area contributed by atoms with Gasteiger partial charge < -0.3 is 0 Å². The highest BCUT2D eigenvalue weighted by Crippen LogP contribution is 2.22. The van der Waals surface area contributed by atoms with Crippen molar-refractivity contribution in [2.75, 3.05) is 6.67 Å². The van der Waals surface area contributed by atoms with Crippen LogP contribution >= 0.6 is 15.9 Å². The molecule has 1 radical (unpaired) electrons. The molecule has 0 aliphatic carbocycles. The van der Waals surface area contributed by atoms with Crippen molar-refractivity contribution in [3.05, 3.63) is 41.0 Å². The predicted molar refractivity (Wildman–Crippen MR) is 48.2 cm³/mol. The molecule has 0 saturated heterocycles. The summed E-state index contributed by atoms with van der Waals surface area (Å²) in [5.41, 5.74) is 0.312. The molecular formula is C9H8BrF2. The molecule has 0 saturated carbocycles. The molecule has 1 rings (SSSR count). The maximum atomic E-state index is 13.0. The molecule has 0 N–H and O–H groups in total. The summed E-state index contributed by atoms with van der Waals surface area (Å²) >= 11 is 3.18. The van der Waals surface area contributed by atoms with Crippen molar-refractivity contribution in [2.24, 2.45) is 0 Å². The fourth-order valence-electron chi connectivity index (χ4n) is 0.911. The minimum Gasteiger partial charge on any atom is -0.250 e. The smallest absolute Gasteiger partial charge is 0.126 e. The van der Waals surface area contributed by atoms with Crippen molar-refractivity contribution in [1.29, 1.82) is 0 Å². The first-order valence-corrected chi connectivity index (χ1v) is 4.28. The SMILES string of the molecule is [CH2]C(CF)c1cc(Br)ccc1F. The molecular weight excluding hydrogens is 226 g/mol. The van der Waals surface area contributed by atoms with Gasteiger partial charge in [0.1, 0.15) is 5.82 Å². The standard InChI is InChI=1S/C9H8BrF2/c1-6(5-11)8-4-7(10)2-3-9(8)12/h2-4,6H,1,5H2. The van der Waals surface area contributed by atoms with Crippen LogP contribution in [0.5, 0.6) is 0 Å². The van der Waals surface area contributed by atoms with Gasteiger partial charge in [-0.15, -0.1) is 0 Å². The molecule has 0 spiro atoms. The van der Waals surface area contributed by atoms with Gasteiger partial charge in [0.25, 0.3) is 0 Å². The lowest BCUT2D eigenvalue weighted by molar-refractivity contribution is 0.455. The van der Waals surface area contributed by atoms with Gasteiger partial charge in [-0.05, 0) is 30.7 Å². The molecule has 1 aromatic rings. The van der Waals surface area contributed by atoms with E-state index in [0.717, 1.165) is 4.47 Å². The Kier molecular flexibility index (Phi) is 3.20. The van der Waals surface area contributed by atoms with E-state index in [0.29, 0.717) is 5.56 Å². The largest absolute Gasteiger partial charge is 0.250 e. The molecule has 0 heterocycles. The van der Waals surface area contributed by atoms with E-state index in [-0.39, 0.29) is 0 Å². The van der Waals surface area contributed by atoms with Crippen LogP contribution in [0.2, 0.25) is 0 Å². The molecule has 0 nitrogen and oxygen atoms in total. The van der Waals surface area contributed by atoms with E-state index in [1.165, 1.54) is 6.07 Å². The Morgan fingerprint density at radius 1 is 1.50 bits per heavy atom. The third-order valence-corrected chi connectivity index (χ3v) is 2.08. The Hall–Kier alpha value is -0.440. The van der Waals surface area contributed by atoms with Crippen molar-refractivity contribution < 1.29 is 8.78 Å². The summed E-state index contributed by atoms with van der Waals surface area (Å²) < 4.78 is 25.9. The van der Waals surface area contributed by atoms with Crippen LogP contribution in [0, 0.1) is 12.7 Å². The quantitative estimate of drug-likeness (QED) is 0.734. The van der Waals surface area contributed by atoms with E-state index in [1.54, 1.807) is 12.1 Å². The van der Waals surface area contributed by atoms with Crippen molar-refractivity contribution in [3.8, 4) is 0 Å². The van der Waals surface area contributed by atoms with Crippen LogP contribution in [0.25, 0.3) is 0 Å². The Morgan fingerprint density at radius 2 is 2.17 bits per heavy atom. The van der Waals surface area contributed by atoms with Gasteiger partial charge in [-0.3, -0.25) is 4.39 Å². The fourth-order valence-corrected chi connectivity index (χ4v) is 1.29. The lowest BCUT2D eigenvalue weighted by Gasteiger charge is -2.08. The second-order valence-corrected chi connectivity index (χ2v) is 3.43. The minimum atomic E-state index is -0.645. The van der Waals surface area contributed by atoms with Crippen molar-refractivity contribution >= 4 is 15.9 Å². The molecule has 0 aliphatic rings. The van der Waals surface area contributed by atoms with Gasteiger partial charge >= 0.3 is 0 Å². The highest BCUT2D eigenvalue weighted by atomic mass is 79.9. The van der Waals surface area contributed by atoms with Gasteiger partial charge in [-0.2, -0.15) is 0 Å². The Bertz CT molecular complexity index is 273. The van der Waals surface area contributed by atoms with E-state index in [2.05, 4.69) is 22.9 Å². The summed E-state index contributed by atoms with van der Waals surface area (Å²) in [6, 6.07) is 4.42. The molecule has 3 heteroatoms. The zero-order valence-corrected chi connectivity index (χ0v) is 7.94. The maximum Gasteiger partial charge on any atom is 0.126 e. The van der Waals surface area contributed by atoms with Crippen LogP contribution in [0.3, 0.4) is 0 Å². The van der Waals surface area contributed by atoms with Crippen molar-refractivity contribution in [1.82, 2.24) is 0 Å². The average Bonchev–Trinajstić information content (AvgIpc) is 2.08. The van der Waals surface area contributed by atoms with Gasteiger partial charge in [0.05, 0.1) is 6.67 Å². The molecule has 12 heavy (non-hydrogen) atoms. The van der Waals surface area contributed by atoms with Crippen LogP contribution in [0.15, 0.2) is 22.7 Å². The molecule has 1 unspecified atom stereocenters. The summed E-state index contributed by atoms with van der Waals surface area (Å²) in [5, 5.41) is 0. The summed E-state index contributed by atoms with van der Waals surface area (Å²) in [5.74, 6) is -1.03. The minimum absolute atomic E-state index is 0.312. The molecule has 0 aromatic heterocycles. The third kappa shape index (κ3) is 2.03. The fraction of sp³-hybridized carbons (Fsp3) is 0.222. The normalized spacial score (nSPS) is 13.0. The lowest BCUT2D eigenvalue weighted by atomic mass is 10.0. The Balaban J connectivity index is 3.04. The molecule has 1 atom stereocenters. The predicted octanol–water partition coefficient (Wildman–Crippen LogP) is 3.48. The zero-order chi connectivity index (χ0) is 9.14. The topological polar surface area (TPSA) is 0 Å². The van der Waals surface area contributed by atoms with E-state index < -0.39 is 18.4 Å². The molecule has 65 valence electrons. The van der Waals surface area contributed by atoms with Crippen LogP contribution in [-0.4, -0.2) is 6.67 Å². The second-order valence-electron chi connectivity index (χ2n) is 2.52. The van der Waals surface area contributed by atoms with E-state index >= 15 is 0 Å². The van der Waals surface area contributed by atoms with Crippen LogP contribution in [0.4, 0.5) is 8.78 Å². The van der Waals surface area contributed by atoms with E-state index in [9.17, 15) is 8.78 Å².